The Morgan fingerprint density at radius 1 is 1.70 bits per heavy atom. The summed E-state index contributed by atoms with van der Waals surface area (Å²) in [6.45, 7) is -2.37. The van der Waals surface area contributed by atoms with Crippen molar-refractivity contribution in [1.29, 1.82) is 5.26 Å². The number of hydrogen-bond acceptors (Lipinski definition) is 2. The number of aliphatic hydroxyl groups is 1. The number of benzene rings is 1. The monoisotopic (exact) mass is 135 g/mol. The van der Waals surface area contributed by atoms with Crippen molar-refractivity contribution in [2.45, 2.75) is 6.56 Å². The van der Waals surface area contributed by atoms with Crippen molar-refractivity contribution in [2.75, 3.05) is 0 Å². The van der Waals surface area contributed by atoms with Gasteiger partial charge in [-0.05, 0) is 17.7 Å². The molecule has 0 aliphatic carbocycles. The topological polar surface area (TPSA) is 44.0 Å². The molecule has 1 rings (SSSR count). The van der Waals surface area contributed by atoms with Crippen LogP contribution in [0.5, 0.6) is 0 Å². The molecule has 1 aromatic carbocycles. The van der Waals surface area contributed by atoms with Crippen LogP contribution in [-0.2, 0) is 6.56 Å². The van der Waals surface area contributed by atoms with Gasteiger partial charge in [-0.15, -0.1) is 0 Å². The van der Waals surface area contributed by atoms with Gasteiger partial charge in [0.1, 0.15) is 0 Å². The highest BCUT2D eigenvalue weighted by Crippen LogP contribution is 2.02. The third-order valence-corrected chi connectivity index (χ3v) is 1.12. The van der Waals surface area contributed by atoms with E-state index in [9.17, 15) is 0 Å². The van der Waals surface area contributed by atoms with Crippen molar-refractivity contribution < 1.29 is 7.85 Å². The normalized spacial score (nSPS) is 13.2. The molecule has 1 N–H and O–H groups in total. The van der Waals surface area contributed by atoms with Crippen LogP contribution in [0.3, 0.4) is 0 Å². The molecule has 1 aromatic rings. The standard InChI is InChI=1S/C8H7NO/c9-5-7-2-1-3-8(4-7)6-10/h1-4,10H,6H2/i6D2. The first-order valence-corrected chi connectivity index (χ1v) is 2.77. The Bertz CT molecular complexity index is 325. The van der Waals surface area contributed by atoms with Crippen LogP contribution in [0.4, 0.5) is 0 Å². The molecular formula is C8H7NO. The first-order valence-electron chi connectivity index (χ1n) is 3.77. The van der Waals surface area contributed by atoms with E-state index in [1.807, 2.05) is 6.07 Å². The minimum Gasteiger partial charge on any atom is -0.392 e. The Hall–Kier alpha value is -1.33. The van der Waals surface area contributed by atoms with E-state index in [1.165, 1.54) is 18.2 Å². The van der Waals surface area contributed by atoms with Crippen molar-refractivity contribution in [3.05, 3.63) is 35.4 Å². The fourth-order valence-electron chi connectivity index (χ4n) is 0.658. The zero-order chi connectivity index (χ0) is 9.19. The first kappa shape index (κ1) is 4.48. The predicted octanol–water partition coefficient (Wildman–Crippen LogP) is 1.05. The lowest BCUT2D eigenvalue weighted by molar-refractivity contribution is 0.282. The van der Waals surface area contributed by atoms with Gasteiger partial charge in [0.2, 0.25) is 0 Å². The highest BCUT2D eigenvalue weighted by molar-refractivity contribution is 5.32. The molecule has 0 bridgehead atoms. The maximum atomic E-state index is 8.93. The maximum Gasteiger partial charge on any atom is 0.0991 e. The van der Waals surface area contributed by atoms with Gasteiger partial charge >= 0.3 is 0 Å². The number of nitrogens with zero attached hydrogens (tertiary/aromatic N) is 1. The molecule has 2 heteroatoms. The Kier molecular flexibility index (Phi) is 1.34. The zero-order valence-corrected chi connectivity index (χ0v) is 5.20. The molecule has 0 amide bonds. The fraction of sp³-hybridized carbons (Fsp3) is 0.125. The first-order chi connectivity index (χ1) is 5.54. The van der Waals surface area contributed by atoms with Crippen LogP contribution < -0.4 is 0 Å². The Morgan fingerprint density at radius 2 is 2.50 bits per heavy atom. The lowest BCUT2D eigenvalue weighted by Gasteiger charge is -1.93. The van der Waals surface area contributed by atoms with E-state index in [1.54, 1.807) is 6.07 Å². The lowest BCUT2D eigenvalue weighted by atomic mass is 10.1. The SMILES string of the molecule is [2H]C([2H])(O)c1cccc(C#N)c1. The molecule has 0 heterocycles. The summed E-state index contributed by atoms with van der Waals surface area (Å²) in [7, 11) is 0. The minimum absolute atomic E-state index is 0.0987. The van der Waals surface area contributed by atoms with Gasteiger partial charge in [-0.3, -0.25) is 0 Å². The minimum atomic E-state index is -2.37. The van der Waals surface area contributed by atoms with Gasteiger partial charge in [-0.25, -0.2) is 0 Å². The van der Waals surface area contributed by atoms with E-state index in [4.69, 9.17) is 13.1 Å². The molecule has 0 unspecified atom stereocenters. The molecule has 0 atom stereocenters. The van der Waals surface area contributed by atoms with Crippen LogP contribution in [0.25, 0.3) is 0 Å². The van der Waals surface area contributed by atoms with Crippen LogP contribution in [0.2, 0.25) is 0 Å². The molecule has 0 radical (unpaired) electrons. The van der Waals surface area contributed by atoms with Crippen molar-refractivity contribution in [1.82, 2.24) is 0 Å². The summed E-state index contributed by atoms with van der Waals surface area (Å²) >= 11 is 0. The number of hydrogen-bond donors (Lipinski definition) is 1. The summed E-state index contributed by atoms with van der Waals surface area (Å²) in [6.07, 6.45) is 0. The second-order valence-corrected chi connectivity index (χ2v) is 1.80. The molecule has 0 aliphatic heterocycles. The van der Waals surface area contributed by atoms with Crippen molar-refractivity contribution in [2.24, 2.45) is 0 Å². The van der Waals surface area contributed by atoms with E-state index in [2.05, 4.69) is 0 Å². The summed E-state index contributed by atoms with van der Waals surface area (Å²) in [6, 6.07) is 7.69. The average Bonchev–Trinajstić information content (AvgIpc) is 2.03. The Labute approximate surface area is 62.2 Å². The molecule has 0 aromatic heterocycles. The smallest absolute Gasteiger partial charge is 0.0991 e. The van der Waals surface area contributed by atoms with Gasteiger partial charge in [0.25, 0.3) is 0 Å². The summed E-state index contributed by atoms with van der Waals surface area (Å²) in [5, 5.41) is 17.4. The van der Waals surface area contributed by atoms with Gasteiger partial charge in [-0.1, -0.05) is 12.1 Å². The fourth-order valence-corrected chi connectivity index (χ4v) is 0.658. The van der Waals surface area contributed by atoms with E-state index in [-0.39, 0.29) is 5.56 Å². The number of rotatable bonds is 1. The molecule has 50 valence electrons. The van der Waals surface area contributed by atoms with E-state index in [0.717, 1.165) is 0 Å². The van der Waals surface area contributed by atoms with Gasteiger partial charge in [0, 0.05) is 0 Å². The molecule has 0 saturated carbocycles. The van der Waals surface area contributed by atoms with Crippen LogP contribution in [-0.4, -0.2) is 5.11 Å². The molecule has 0 fully saturated rings. The van der Waals surface area contributed by atoms with Crippen LogP contribution in [0, 0.1) is 11.3 Å². The summed E-state index contributed by atoms with van der Waals surface area (Å²) in [5.74, 6) is 0. The average molecular weight is 135 g/mol. The summed E-state index contributed by atoms with van der Waals surface area (Å²) in [4.78, 5) is 0. The number of nitriles is 1. The Morgan fingerprint density at radius 3 is 3.10 bits per heavy atom. The zero-order valence-electron chi connectivity index (χ0n) is 7.20. The quantitative estimate of drug-likeness (QED) is 0.625. The molecule has 10 heavy (non-hydrogen) atoms. The third kappa shape index (κ3) is 1.34. The highest BCUT2D eigenvalue weighted by Gasteiger charge is 1.90. The highest BCUT2D eigenvalue weighted by atomic mass is 16.3. The van der Waals surface area contributed by atoms with Gasteiger partial charge in [0.05, 0.1) is 20.9 Å². The second-order valence-electron chi connectivity index (χ2n) is 1.80. The molecule has 2 nitrogen and oxygen atoms in total. The summed E-state index contributed by atoms with van der Waals surface area (Å²) in [5.41, 5.74) is 0.437. The van der Waals surface area contributed by atoms with Crippen LogP contribution in [0.15, 0.2) is 24.3 Å². The Balaban J connectivity index is 3.13. The van der Waals surface area contributed by atoms with E-state index in [0.29, 0.717) is 5.56 Å². The largest absolute Gasteiger partial charge is 0.392 e. The van der Waals surface area contributed by atoms with Crippen molar-refractivity contribution in [3.8, 4) is 6.07 Å². The van der Waals surface area contributed by atoms with Crippen LogP contribution >= 0.6 is 0 Å². The van der Waals surface area contributed by atoms with Gasteiger partial charge in [0.15, 0.2) is 0 Å². The second kappa shape index (κ2) is 3.00. The molecular weight excluding hydrogens is 126 g/mol. The van der Waals surface area contributed by atoms with E-state index < -0.39 is 6.56 Å². The van der Waals surface area contributed by atoms with E-state index >= 15 is 0 Å². The van der Waals surface area contributed by atoms with Crippen molar-refractivity contribution >= 4 is 0 Å². The van der Waals surface area contributed by atoms with Gasteiger partial charge < -0.3 is 5.11 Å². The third-order valence-electron chi connectivity index (χ3n) is 1.12. The predicted molar refractivity (Wildman–Crippen MR) is 37.1 cm³/mol. The molecule has 0 saturated heterocycles. The lowest BCUT2D eigenvalue weighted by Crippen LogP contribution is -1.82. The maximum absolute atomic E-state index is 8.93. The molecule has 0 spiro atoms. The molecule has 0 aliphatic rings. The van der Waals surface area contributed by atoms with Crippen LogP contribution in [0.1, 0.15) is 13.9 Å². The van der Waals surface area contributed by atoms with Gasteiger partial charge in [-0.2, -0.15) is 5.26 Å². The summed E-state index contributed by atoms with van der Waals surface area (Å²) < 4.78 is 13.9. The van der Waals surface area contributed by atoms with Crippen molar-refractivity contribution in [3.63, 3.8) is 0 Å².